The van der Waals surface area contributed by atoms with Crippen LogP contribution in [0.4, 0.5) is 0 Å². The highest BCUT2D eigenvalue weighted by molar-refractivity contribution is 5.77. The van der Waals surface area contributed by atoms with E-state index in [-0.39, 0.29) is 25.8 Å². The van der Waals surface area contributed by atoms with E-state index in [9.17, 15) is 29.7 Å². The van der Waals surface area contributed by atoms with Gasteiger partial charge in [0.05, 0.1) is 12.5 Å². The summed E-state index contributed by atoms with van der Waals surface area (Å²) in [5.41, 5.74) is 0. The summed E-state index contributed by atoms with van der Waals surface area (Å²) >= 11 is 0. The zero-order valence-electron chi connectivity index (χ0n) is 23.4. The average molecular weight is 512 g/mol. The number of hydrogen-bond acceptors (Lipinski definition) is 4. The monoisotopic (exact) mass is 511 g/mol. The van der Waals surface area contributed by atoms with Crippen LogP contribution >= 0.6 is 0 Å². The van der Waals surface area contributed by atoms with E-state index in [1.807, 2.05) is 27.7 Å². The van der Waals surface area contributed by atoms with Crippen LogP contribution in [0.1, 0.15) is 130 Å². The van der Waals surface area contributed by atoms with E-state index in [1.54, 1.807) is 0 Å². The van der Waals surface area contributed by atoms with E-state index >= 15 is 0 Å². The van der Waals surface area contributed by atoms with Gasteiger partial charge in [0.25, 0.3) is 0 Å². The van der Waals surface area contributed by atoms with Crippen LogP contribution < -0.4 is 5.11 Å². The van der Waals surface area contributed by atoms with Gasteiger partial charge in [-0.3, -0.25) is 4.48 Å². The fraction of sp³-hybridized carbons (Fsp3) is 0.828. The zero-order valence-corrected chi connectivity index (χ0v) is 23.4. The number of carboxylic acids is 3. The van der Waals surface area contributed by atoms with Crippen molar-refractivity contribution in [2.75, 3.05) is 6.54 Å². The lowest BCUT2D eigenvalue weighted by atomic mass is 9.91. The molecule has 7 heteroatoms. The maximum absolute atomic E-state index is 12.5. The molecule has 0 spiro atoms. The Morgan fingerprint density at radius 2 is 1.08 bits per heavy atom. The van der Waals surface area contributed by atoms with Crippen LogP contribution in [-0.2, 0) is 14.4 Å². The van der Waals surface area contributed by atoms with Gasteiger partial charge in [0.15, 0.2) is 12.1 Å². The van der Waals surface area contributed by atoms with Crippen molar-refractivity contribution in [1.29, 1.82) is 0 Å². The summed E-state index contributed by atoms with van der Waals surface area (Å²) < 4.78 is -0.436. The third-order valence-electron chi connectivity index (χ3n) is 7.42. The van der Waals surface area contributed by atoms with Gasteiger partial charge in [-0.05, 0) is 45.4 Å². The molecule has 0 fully saturated rings. The van der Waals surface area contributed by atoms with E-state index in [2.05, 4.69) is 12.2 Å². The Kier molecular flexibility index (Phi) is 19.1. The molecule has 0 saturated heterocycles. The van der Waals surface area contributed by atoms with Crippen LogP contribution in [0.25, 0.3) is 0 Å². The molecule has 36 heavy (non-hydrogen) atoms. The van der Waals surface area contributed by atoms with Crippen LogP contribution in [0.5, 0.6) is 0 Å². The van der Waals surface area contributed by atoms with Gasteiger partial charge in [0.1, 0.15) is 6.04 Å². The van der Waals surface area contributed by atoms with Gasteiger partial charge in [-0.2, -0.15) is 0 Å². The number of quaternary nitrogens is 1. The number of carbonyl (C=O) groups excluding carboxylic acids is 1. The van der Waals surface area contributed by atoms with Gasteiger partial charge < -0.3 is 20.1 Å². The molecular formula is C29H53NO6. The summed E-state index contributed by atoms with van der Waals surface area (Å²) in [6, 6.07) is -3.32. The number of allylic oxidation sites excluding steroid dienone is 2. The molecule has 2 N–H and O–H groups in total. The van der Waals surface area contributed by atoms with Gasteiger partial charge in [0.2, 0.25) is 0 Å². The molecule has 0 bridgehead atoms. The maximum atomic E-state index is 12.5. The largest absolute Gasteiger partial charge is 0.544 e. The second-order valence-electron chi connectivity index (χ2n) is 10.2. The molecule has 3 unspecified atom stereocenters. The van der Waals surface area contributed by atoms with Gasteiger partial charge in [-0.25, -0.2) is 9.59 Å². The smallest absolute Gasteiger partial charge is 0.362 e. The summed E-state index contributed by atoms with van der Waals surface area (Å²) in [4.78, 5) is 37.4. The second kappa shape index (κ2) is 20.2. The van der Waals surface area contributed by atoms with Crippen LogP contribution in [0.2, 0.25) is 0 Å². The van der Waals surface area contributed by atoms with Gasteiger partial charge in [0, 0.05) is 19.3 Å². The average Bonchev–Trinajstić information content (AvgIpc) is 2.83. The van der Waals surface area contributed by atoms with Crippen LogP contribution in [0.15, 0.2) is 12.2 Å². The first-order chi connectivity index (χ1) is 17.2. The van der Waals surface area contributed by atoms with Crippen molar-refractivity contribution in [2.45, 2.75) is 149 Å². The Labute approximate surface area is 219 Å². The Hall–Kier alpha value is -1.89. The molecule has 0 aliphatic carbocycles. The maximum Gasteiger partial charge on any atom is 0.362 e. The van der Waals surface area contributed by atoms with Crippen molar-refractivity contribution < 1.29 is 34.2 Å². The lowest BCUT2D eigenvalue weighted by molar-refractivity contribution is -0.975. The first-order valence-electron chi connectivity index (χ1n) is 14.4. The van der Waals surface area contributed by atoms with Crippen molar-refractivity contribution in [3.63, 3.8) is 0 Å². The zero-order chi connectivity index (χ0) is 27.4. The molecular weight excluding hydrogens is 458 g/mol. The van der Waals surface area contributed by atoms with Crippen molar-refractivity contribution in [3.05, 3.63) is 12.2 Å². The SMILES string of the molecule is C/C=C/CCCCCCCCCCC[N+](C(CCC)C(=O)[O-])(C(CCC)C(=O)O)C(CCC)C(=O)O. The minimum atomic E-state index is -1.34. The molecule has 0 rings (SSSR count). The fourth-order valence-electron chi connectivity index (χ4n) is 5.68. The van der Waals surface area contributed by atoms with E-state index < -0.39 is 40.5 Å². The lowest BCUT2D eigenvalue weighted by Gasteiger charge is -2.52. The van der Waals surface area contributed by atoms with Crippen molar-refractivity contribution >= 4 is 17.9 Å². The Morgan fingerprint density at radius 1 is 0.694 bits per heavy atom. The highest BCUT2D eigenvalue weighted by Crippen LogP contribution is 2.34. The Morgan fingerprint density at radius 3 is 1.44 bits per heavy atom. The number of nitrogens with zero attached hydrogens (tertiary/aromatic N) is 1. The predicted octanol–water partition coefficient (Wildman–Crippen LogP) is 5.71. The predicted molar refractivity (Wildman–Crippen MR) is 142 cm³/mol. The summed E-state index contributed by atoms with van der Waals surface area (Å²) in [5.74, 6) is -3.57. The van der Waals surface area contributed by atoms with Crippen LogP contribution in [0, 0.1) is 0 Å². The number of hydrogen-bond donors (Lipinski definition) is 2. The topological polar surface area (TPSA) is 115 Å². The number of carbonyl (C=O) groups is 3. The lowest BCUT2D eigenvalue weighted by Crippen LogP contribution is -2.74. The number of aliphatic carboxylic acids is 3. The van der Waals surface area contributed by atoms with E-state index in [0.717, 1.165) is 32.1 Å². The standard InChI is InChI=1S/C29H53NO6/c1-5-9-10-11-12-13-14-15-16-17-18-19-23-30(24(20-6-2)27(31)32,25(21-7-3)28(33)34)26(22-8-4)29(35)36/h5,9,24-26H,6-8,10-23H2,1-4H3,(H2-,31,32,33,34,35,36)/b9-5+. The minimum Gasteiger partial charge on any atom is -0.544 e. The van der Waals surface area contributed by atoms with E-state index in [0.29, 0.717) is 25.7 Å². The molecule has 0 radical (unpaired) electrons. The molecule has 0 heterocycles. The van der Waals surface area contributed by atoms with Gasteiger partial charge >= 0.3 is 11.9 Å². The first-order valence-corrected chi connectivity index (χ1v) is 14.4. The minimum absolute atomic E-state index is 0.206. The number of rotatable bonds is 24. The van der Waals surface area contributed by atoms with Crippen molar-refractivity contribution in [1.82, 2.24) is 0 Å². The summed E-state index contributed by atoms with van der Waals surface area (Å²) in [5, 5.41) is 32.8. The molecule has 0 saturated carbocycles. The molecule has 7 nitrogen and oxygen atoms in total. The first kappa shape index (κ1) is 34.1. The highest BCUT2D eigenvalue weighted by atomic mass is 16.4. The second-order valence-corrected chi connectivity index (χ2v) is 10.2. The fourth-order valence-corrected chi connectivity index (χ4v) is 5.68. The molecule has 0 aromatic rings. The molecule has 210 valence electrons. The Balaban J connectivity index is 5.55. The van der Waals surface area contributed by atoms with E-state index in [4.69, 9.17) is 0 Å². The molecule has 0 aliphatic rings. The van der Waals surface area contributed by atoms with Gasteiger partial charge in [-0.15, -0.1) is 0 Å². The molecule has 0 aromatic heterocycles. The Bertz CT molecular complexity index is 588. The van der Waals surface area contributed by atoms with Crippen molar-refractivity contribution in [2.24, 2.45) is 0 Å². The molecule has 0 amide bonds. The third kappa shape index (κ3) is 11.4. The normalized spacial score (nSPS) is 15.9. The van der Waals surface area contributed by atoms with Crippen LogP contribution in [0.3, 0.4) is 0 Å². The third-order valence-corrected chi connectivity index (χ3v) is 7.42. The number of unbranched alkanes of at least 4 members (excludes halogenated alkanes) is 9. The molecule has 3 atom stereocenters. The van der Waals surface area contributed by atoms with Crippen LogP contribution in [-0.4, -0.2) is 57.3 Å². The quantitative estimate of drug-likeness (QED) is 0.0975. The highest BCUT2D eigenvalue weighted by Gasteiger charge is 2.54. The van der Waals surface area contributed by atoms with E-state index in [1.165, 1.54) is 25.7 Å². The molecule has 0 aliphatic heterocycles. The summed E-state index contributed by atoms with van der Waals surface area (Å²) in [6.07, 6.45) is 17.3. The molecule has 0 aromatic carbocycles. The van der Waals surface area contributed by atoms with Gasteiger partial charge in [-0.1, -0.05) is 77.9 Å². The summed E-state index contributed by atoms with van der Waals surface area (Å²) in [6.45, 7) is 7.83. The number of carboxylic acid groups (broad SMARTS) is 3. The summed E-state index contributed by atoms with van der Waals surface area (Å²) in [7, 11) is 0. The van der Waals surface area contributed by atoms with Crippen molar-refractivity contribution in [3.8, 4) is 0 Å².